The van der Waals surface area contributed by atoms with Crippen LogP contribution in [0.15, 0.2) is 54.0 Å². The van der Waals surface area contributed by atoms with Gasteiger partial charge in [-0.1, -0.05) is 42.7 Å². The summed E-state index contributed by atoms with van der Waals surface area (Å²) in [6, 6.07) is 8.50. The first-order chi connectivity index (χ1) is 24.9. The number of nitrogens with one attached hydrogen (secondary N) is 3. The molecule has 52 heavy (non-hydrogen) atoms. The van der Waals surface area contributed by atoms with Crippen molar-refractivity contribution in [2.24, 2.45) is 5.92 Å². The Kier molecular flexibility index (Phi) is 10.9. The van der Waals surface area contributed by atoms with E-state index in [1.165, 1.54) is 23.4 Å². The summed E-state index contributed by atoms with van der Waals surface area (Å²) in [4.78, 5) is 45.3. The van der Waals surface area contributed by atoms with Crippen molar-refractivity contribution < 1.29 is 46.6 Å². The minimum atomic E-state index is -4.26. The van der Waals surface area contributed by atoms with E-state index < -0.39 is 74.3 Å². The Morgan fingerprint density at radius 3 is 2.67 bits per heavy atom. The van der Waals surface area contributed by atoms with Crippen LogP contribution in [-0.4, -0.2) is 91.3 Å². The highest BCUT2D eigenvalue weighted by atomic mass is 32.7. The number of hydrogen-bond acceptors (Lipinski definition) is 16. The highest BCUT2D eigenvalue weighted by Gasteiger charge is 2.51. The largest absolute Gasteiger partial charge is 0.474 e. The molecule has 23 heteroatoms. The van der Waals surface area contributed by atoms with Crippen molar-refractivity contribution in [1.29, 1.82) is 0 Å². The molecule has 9 atom stereocenters. The number of nitrogens with zero attached hydrogens (tertiary/aromatic N) is 5. The Bertz CT molecular complexity index is 2090. The van der Waals surface area contributed by atoms with E-state index >= 15 is 0 Å². The Hall–Kier alpha value is -3.20. The van der Waals surface area contributed by atoms with Gasteiger partial charge in [-0.15, -0.1) is 0 Å². The van der Waals surface area contributed by atoms with Gasteiger partial charge in [0.25, 0.3) is 11.5 Å². The molecule has 2 aliphatic heterocycles. The zero-order chi connectivity index (χ0) is 36.6. The highest BCUT2D eigenvalue weighted by Crippen LogP contribution is 2.60. The van der Waals surface area contributed by atoms with E-state index in [1.54, 1.807) is 37.4 Å². The number of carbonyl (C=O) groups excluding carboxylic acids is 1. The van der Waals surface area contributed by atoms with Crippen LogP contribution in [0, 0.1) is 5.92 Å². The summed E-state index contributed by atoms with van der Waals surface area (Å²) >= 11 is 8.36. The number of thiol groups is 2. The Morgan fingerprint density at radius 2 is 1.88 bits per heavy atom. The normalized spacial score (nSPS) is 32.3. The van der Waals surface area contributed by atoms with Crippen molar-refractivity contribution in [3.63, 3.8) is 0 Å². The van der Waals surface area contributed by atoms with Crippen molar-refractivity contribution in [1.82, 2.24) is 34.8 Å². The number of benzene rings is 1. The molecular formula is C29H34N8O11P2S2. The topological polar surface area (TPSA) is 240 Å². The van der Waals surface area contributed by atoms with Gasteiger partial charge in [-0.3, -0.25) is 38.0 Å². The maximum Gasteiger partial charge on any atom is 0.386 e. The lowest BCUT2D eigenvalue weighted by Crippen LogP contribution is -2.35. The zero-order valence-corrected chi connectivity index (χ0v) is 30.8. The van der Waals surface area contributed by atoms with Crippen molar-refractivity contribution >= 4 is 61.1 Å². The van der Waals surface area contributed by atoms with Gasteiger partial charge in [0, 0.05) is 36.7 Å². The molecule has 3 aromatic heterocycles. The summed E-state index contributed by atoms with van der Waals surface area (Å²) in [6.45, 7) is -8.66. The molecule has 5 heterocycles. The molecule has 3 aliphatic rings. The number of anilines is 1. The lowest BCUT2D eigenvalue weighted by molar-refractivity contribution is -0.0487. The molecule has 0 spiro atoms. The van der Waals surface area contributed by atoms with E-state index in [4.69, 9.17) is 27.6 Å². The van der Waals surface area contributed by atoms with Crippen molar-refractivity contribution in [3.8, 4) is 5.88 Å². The van der Waals surface area contributed by atoms with Crippen LogP contribution < -0.4 is 20.9 Å². The standard InChI is InChI=1S/C29H34N8O11P2S2/c1-30-10-15-4-2-3-5-18(15)26(39)35-29-34-25-22(27(40)36-29)33-14-37(25)28-24-23(38)20(46-28)12-44-49(41,51)47-19-9-17(45-21-6-7-31-13-32-21)8-16(19)11-43-50(42,52)48-24/h2-7,13-14,16-17,19-20,23-24,28,30,38H,8-12H2,1H3,(H,41,51)(H,42,52)(H2,34,35,36,39,40)/t16-,17-,19+,20-,23-,24-,28-,49-,50-/m1/s1. The van der Waals surface area contributed by atoms with Crippen molar-refractivity contribution in [2.45, 2.75) is 56.1 Å². The Morgan fingerprint density at radius 1 is 1.10 bits per heavy atom. The lowest BCUT2D eigenvalue weighted by Gasteiger charge is -2.26. The number of ether oxygens (including phenoxy) is 2. The monoisotopic (exact) mass is 796 g/mol. The van der Waals surface area contributed by atoms with Gasteiger partial charge in [0.15, 0.2) is 17.4 Å². The molecule has 3 fully saturated rings. The van der Waals surface area contributed by atoms with Crippen LogP contribution in [-0.2, 0) is 38.5 Å². The predicted molar refractivity (Wildman–Crippen MR) is 189 cm³/mol. The zero-order valence-electron chi connectivity index (χ0n) is 27.3. The van der Waals surface area contributed by atoms with Gasteiger partial charge in [-0.25, -0.2) is 24.1 Å². The maximum atomic E-state index is 13.7. The maximum absolute atomic E-state index is 13.7. The molecule has 1 aromatic carbocycles. The van der Waals surface area contributed by atoms with Gasteiger partial charge >= 0.3 is 13.6 Å². The van der Waals surface area contributed by atoms with Crippen LogP contribution in [0.2, 0.25) is 0 Å². The van der Waals surface area contributed by atoms with Crippen molar-refractivity contribution in [2.75, 3.05) is 25.6 Å². The third-order valence-electron chi connectivity index (χ3n) is 8.69. The van der Waals surface area contributed by atoms with Crippen LogP contribution >= 0.6 is 38.1 Å². The Labute approximate surface area is 305 Å². The van der Waals surface area contributed by atoms with Crippen LogP contribution in [0.4, 0.5) is 5.95 Å². The number of imidazole rings is 1. The van der Waals surface area contributed by atoms with Gasteiger partial charge in [-0.05, 0) is 25.1 Å². The molecular weight excluding hydrogens is 762 g/mol. The van der Waals surface area contributed by atoms with Gasteiger partial charge in [-0.2, -0.15) is 4.98 Å². The predicted octanol–water partition coefficient (Wildman–Crippen LogP) is 2.89. The molecule has 0 unspecified atom stereocenters. The average Bonchev–Trinajstić information content (AvgIpc) is 3.78. The average molecular weight is 797 g/mol. The van der Waals surface area contributed by atoms with Crippen LogP contribution in [0.5, 0.6) is 5.88 Å². The SMILES string of the molecule is CNCc1ccccc1C(=O)Nc1nc2c(ncn2[C@@H]2O[C@@H]3CO[P@@](=O)(S)O[C@H]4C[C@H](Oc5ccncn5)C[C@@H]4CO[P@@](=O)(S)O[C@@H]2[C@@H]3O)c(=O)[nH]1. The summed E-state index contributed by atoms with van der Waals surface area (Å²) in [5, 5.41) is 17.0. The molecule has 0 radical (unpaired) electrons. The van der Waals surface area contributed by atoms with Gasteiger partial charge in [0.1, 0.15) is 30.7 Å². The fourth-order valence-corrected chi connectivity index (χ4v) is 9.39. The number of amides is 1. The fraction of sp³-hybridized carbons (Fsp3) is 0.448. The van der Waals surface area contributed by atoms with Crippen molar-refractivity contribution in [3.05, 3.63) is 70.7 Å². The smallest absolute Gasteiger partial charge is 0.386 e. The number of H-pyrrole nitrogens is 1. The fourth-order valence-electron chi connectivity index (χ4n) is 6.33. The number of aromatic amines is 1. The first-order valence-corrected chi connectivity index (χ1v) is 21.4. The van der Waals surface area contributed by atoms with E-state index in [2.05, 4.69) is 60.1 Å². The molecule has 2 bridgehead atoms. The molecule has 2 saturated heterocycles. The minimum absolute atomic E-state index is 0.0716. The molecule has 7 rings (SSSR count). The second-order valence-electron chi connectivity index (χ2n) is 12.2. The van der Waals surface area contributed by atoms with Gasteiger partial charge in [0.05, 0.1) is 25.6 Å². The molecule has 4 aromatic rings. The second-order valence-corrected chi connectivity index (χ2v) is 17.9. The number of aliphatic hydroxyl groups is 1. The van der Waals surface area contributed by atoms with Crippen LogP contribution in [0.3, 0.4) is 0 Å². The Balaban J connectivity index is 1.15. The first kappa shape index (κ1) is 37.1. The van der Waals surface area contributed by atoms with E-state index in [1.807, 2.05) is 0 Å². The van der Waals surface area contributed by atoms with Crippen LogP contribution in [0.25, 0.3) is 11.2 Å². The highest BCUT2D eigenvalue weighted by molar-refractivity contribution is 8.44. The summed E-state index contributed by atoms with van der Waals surface area (Å²) in [7, 11) is 1.75. The number of fused-ring (bicyclic) bond motifs is 4. The summed E-state index contributed by atoms with van der Waals surface area (Å²) in [5.74, 6) is -0.923. The minimum Gasteiger partial charge on any atom is -0.474 e. The number of carbonyl (C=O) groups is 1. The molecule has 278 valence electrons. The van der Waals surface area contributed by atoms with Gasteiger partial charge < -0.3 is 24.4 Å². The summed E-state index contributed by atoms with van der Waals surface area (Å²) in [5.41, 5.74) is 0.171. The number of aliphatic hydroxyl groups excluding tert-OH is 1. The molecule has 4 N–H and O–H groups in total. The molecule has 1 saturated carbocycles. The molecule has 19 nitrogen and oxygen atoms in total. The molecule has 1 aliphatic carbocycles. The third-order valence-corrected chi connectivity index (χ3v) is 11.9. The lowest BCUT2D eigenvalue weighted by atomic mass is 10.1. The second kappa shape index (κ2) is 15.3. The number of aromatic nitrogens is 6. The number of hydrogen-bond donors (Lipinski definition) is 6. The van der Waals surface area contributed by atoms with E-state index in [9.17, 15) is 23.8 Å². The first-order valence-electron chi connectivity index (χ1n) is 16.0. The quantitative estimate of drug-likeness (QED) is 0.116. The van der Waals surface area contributed by atoms with E-state index in [0.717, 1.165) is 0 Å². The third kappa shape index (κ3) is 8.14. The van der Waals surface area contributed by atoms with E-state index in [0.29, 0.717) is 30.0 Å². The number of rotatable bonds is 7. The molecule has 1 amide bonds. The van der Waals surface area contributed by atoms with Crippen LogP contribution in [0.1, 0.15) is 35.0 Å². The summed E-state index contributed by atoms with van der Waals surface area (Å²) in [6.07, 6.45) is -2.16. The summed E-state index contributed by atoms with van der Waals surface area (Å²) < 4.78 is 63.4. The van der Waals surface area contributed by atoms with E-state index in [-0.39, 0.29) is 30.1 Å². The van der Waals surface area contributed by atoms with Gasteiger partial charge in [0.2, 0.25) is 11.8 Å².